The predicted octanol–water partition coefficient (Wildman–Crippen LogP) is 2.28. The maximum atomic E-state index is 13.1. The standard InChI is InChI=1S/C21H23N3O3/c1-21(2)10-13-16(14(25)11-21)15(12-8-6-5-7-9-12)17-18(22-13)23(3)20(27)24(4)19(17)26/h5-9,15,22H,10-11H2,1-4H3. The molecule has 1 atom stereocenters. The fraction of sp³-hybridized carbons (Fsp3) is 0.381. The number of nitrogens with zero attached hydrogens (tertiary/aromatic N) is 2. The van der Waals surface area contributed by atoms with E-state index in [2.05, 4.69) is 19.2 Å². The second-order valence-corrected chi connectivity index (χ2v) is 8.27. The molecule has 1 aliphatic heterocycles. The molecule has 0 spiro atoms. The van der Waals surface area contributed by atoms with Crippen LogP contribution in [0, 0.1) is 5.41 Å². The van der Waals surface area contributed by atoms with Crippen LogP contribution in [0.15, 0.2) is 51.2 Å². The van der Waals surface area contributed by atoms with Gasteiger partial charge in [-0.2, -0.15) is 0 Å². The van der Waals surface area contributed by atoms with Gasteiger partial charge in [0, 0.05) is 37.7 Å². The largest absolute Gasteiger partial charge is 0.344 e. The first-order valence-electron chi connectivity index (χ1n) is 9.09. The van der Waals surface area contributed by atoms with Gasteiger partial charge >= 0.3 is 5.69 Å². The van der Waals surface area contributed by atoms with Crippen LogP contribution in [0.2, 0.25) is 0 Å². The summed E-state index contributed by atoms with van der Waals surface area (Å²) in [5.74, 6) is 0.0805. The van der Waals surface area contributed by atoms with E-state index >= 15 is 0 Å². The van der Waals surface area contributed by atoms with Crippen molar-refractivity contribution in [1.29, 1.82) is 0 Å². The molecule has 2 aromatic rings. The molecular formula is C21H23N3O3. The Hall–Kier alpha value is -2.89. The molecule has 6 nitrogen and oxygen atoms in total. The molecule has 140 valence electrons. The van der Waals surface area contributed by atoms with E-state index in [1.807, 2.05) is 30.3 Å². The summed E-state index contributed by atoms with van der Waals surface area (Å²) in [6.45, 7) is 4.12. The topological polar surface area (TPSA) is 73.1 Å². The van der Waals surface area contributed by atoms with Crippen LogP contribution in [0.25, 0.3) is 0 Å². The molecule has 27 heavy (non-hydrogen) atoms. The first-order valence-corrected chi connectivity index (χ1v) is 9.09. The Bertz CT molecular complexity index is 1100. The Morgan fingerprint density at radius 1 is 1.00 bits per heavy atom. The Balaban J connectivity index is 2.08. The van der Waals surface area contributed by atoms with Gasteiger partial charge in [-0.1, -0.05) is 44.2 Å². The Labute approximate surface area is 157 Å². The number of nitrogens with one attached hydrogen (secondary N) is 1. The highest BCUT2D eigenvalue weighted by Crippen LogP contribution is 2.47. The highest BCUT2D eigenvalue weighted by molar-refractivity contribution is 6.01. The Kier molecular flexibility index (Phi) is 3.77. The SMILES string of the molecule is Cn1c2c(c(=O)n(C)c1=O)C(c1ccccc1)C1=C(CC(C)(C)CC1=O)N2. The van der Waals surface area contributed by atoms with E-state index in [0.717, 1.165) is 15.8 Å². The second kappa shape index (κ2) is 5.81. The summed E-state index contributed by atoms with van der Waals surface area (Å²) in [6, 6.07) is 9.58. The number of anilines is 1. The Morgan fingerprint density at radius 2 is 1.67 bits per heavy atom. The van der Waals surface area contributed by atoms with Crippen LogP contribution in [-0.4, -0.2) is 14.9 Å². The van der Waals surface area contributed by atoms with Crippen molar-refractivity contribution in [3.05, 3.63) is 73.6 Å². The third-order valence-corrected chi connectivity index (χ3v) is 5.60. The number of benzene rings is 1. The number of carbonyl (C=O) groups is 1. The van der Waals surface area contributed by atoms with Crippen LogP contribution in [0.1, 0.15) is 43.7 Å². The number of carbonyl (C=O) groups excluding carboxylic acids is 1. The zero-order chi connectivity index (χ0) is 19.5. The lowest BCUT2D eigenvalue weighted by Crippen LogP contribution is -2.45. The highest BCUT2D eigenvalue weighted by Gasteiger charge is 2.42. The van der Waals surface area contributed by atoms with E-state index in [-0.39, 0.29) is 22.4 Å². The molecular weight excluding hydrogens is 342 g/mol. The average molecular weight is 365 g/mol. The maximum Gasteiger partial charge on any atom is 0.332 e. The van der Waals surface area contributed by atoms with Crippen molar-refractivity contribution >= 4 is 11.6 Å². The molecule has 0 radical (unpaired) electrons. The van der Waals surface area contributed by atoms with Gasteiger partial charge in [0.15, 0.2) is 5.78 Å². The summed E-state index contributed by atoms with van der Waals surface area (Å²) in [4.78, 5) is 38.6. The van der Waals surface area contributed by atoms with Gasteiger partial charge in [-0.05, 0) is 17.4 Å². The highest BCUT2D eigenvalue weighted by atomic mass is 16.2. The van der Waals surface area contributed by atoms with Gasteiger partial charge in [0.05, 0.1) is 5.56 Å². The molecule has 2 heterocycles. The smallest absolute Gasteiger partial charge is 0.332 e. The van der Waals surface area contributed by atoms with E-state index in [4.69, 9.17) is 0 Å². The number of fused-ring (bicyclic) bond motifs is 1. The lowest BCUT2D eigenvalue weighted by Gasteiger charge is -2.39. The molecule has 0 saturated carbocycles. The Morgan fingerprint density at radius 3 is 2.33 bits per heavy atom. The van der Waals surface area contributed by atoms with Gasteiger partial charge in [0.2, 0.25) is 0 Å². The van der Waals surface area contributed by atoms with Gasteiger partial charge in [-0.3, -0.25) is 18.7 Å². The molecule has 1 aromatic heterocycles. The predicted molar refractivity (Wildman–Crippen MR) is 104 cm³/mol. The molecule has 1 aromatic carbocycles. The molecule has 0 bridgehead atoms. The first-order chi connectivity index (χ1) is 12.7. The number of hydrogen-bond acceptors (Lipinski definition) is 4. The molecule has 1 unspecified atom stereocenters. The van der Waals surface area contributed by atoms with Crippen LogP contribution in [0.5, 0.6) is 0 Å². The van der Waals surface area contributed by atoms with Crippen molar-refractivity contribution in [3.63, 3.8) is 0 Å². The average Bonchev–Trinajstić information content (AvgIpc) is 2.62. The molecule has 2 aliphatic rings. The number of hydrogen-bond donors (Lipinski definition) is 1. The van der Waals surface area contributed by atoms with E-state index < -0.39 is 5.92 Å². The zero-order valence-corrected chi connectivity index (χ0v) is 16.0. The van der Waals surface area contributed by atoms with E-state index in [1.54, 1.807) is 7.05 Å². The zero-order valence-electron chi connectivity index (χ0n) is 16.0. The van der Waals surface area contributed by atoms with Crippen molar-refractivity contribution in [3.8, 4) is 0 Å². The molecule has 0 amide bonds. The van der Waals surface area contributed by atoms with Gasteiger partial charge in [0.1, 0.15) is 5.82 Å². The van der Waals surface area contributed by atoms with Crippen LogP contribution in [0.4, 0.5) is 5.82 Å². The lowest BCUT2D eigenvalue weighted by atomic mass is 9.69. The fourth-order valence-corrected chi connectivity index (χ4v) is 4.33. The molecule has 1 N–H and O–H groups in total. The number of aromatic nitrogens is 2. The molecule has 0 saturated heterocycles. The molecule has 0 fully saturated rings. The first kappa shape index (κ1) is 17.5. The van der Waals surface area contributed by atoms with Crippen LogP contribution in [-0.2, 0) is 18.9 Å². The monoisotopic (exact) mass is 365 g/mol. The summed E-state index contributed by atoms with van der Waals surface area (Å²) < 4.78 is 2.57. The fourth-order valence-electron chi connectivity index (χ4n) is 4.33. The molecule has 6 heteroatoms. The second-order valence-electron chi connectivity index (χ2n) is 8.27. The van der Waals surface area contributed by atoms with Crippen LogP contribution < -0.4 is 16.6 Å². The summed E-state index contributed by atoms with van der Waals surface area (Å²) in [7, 11) is 3.12. The van der Waals surface area contributed by atoms with Crippen molar-refractivity contribution in [2.24, 2.45) is 19.5 Å². The van der Waals surface area contributed by atoms with Crippen LogP contribution in [0.3, 0.4) is 0 Å². The van der Waals surface area contributed by atoms with Crippen molar-refractivity contribution in [1.82, 2.24) is 9.13 Å². The van der Waals surface area contributed by atoms with Crippen LogP contribution >= 0.6 is 0 Å². The lowest BCUT2D eigenvalue weighted by molar-refractivity contribution is -0.118. The summed E-state index contributed by atoms with van der Waals surface area (Å²) in [5.41, 5.74) is 1.90. The van der Waals surface area contributed by atoms with Crippen molar-refractivity contribution in [2.45, 2.75) is 32.6 Å². The minimum atomic E-state index is -0.466. The number of ketones is 1. The van der Waals surface area contributed by atoms with E-state index in [1.165, 1.54) is 11.6 Å². The summed E-state index contributed by atoms with van der Waals surface area (Å²) in [5, 5.41) is 3.27. The van der Waals surface area contributed by atoms with Gasteiger partial charge in [0.25, 0.3) is 5.56 Å². The number of Topliss-reactive ketones (excluding diaryl/α,β-unsaturated/α-hetero) is 1. The number of allylic oxidation sites excluding steroid dienone is 2. The summed E-state index contributed by atoms with van der Waals surface area (Å²) in [6.07, 6.45) is 1.14. The van der Waals surface area contributed by atoms with E-state index in [9.17, 15) is 14.4 Å². The molecule has 1 aliphatic carbocycles. The van der Waals surface area contributed by atoms with Gasteiger partial charge < -0.3 is 5.32 Å². The third-order valence-electron chi connectivity index (χ3n) is 5.60. The molecule has 4 rings (SSSR count). The quantitative estimate of drug-likeness (QED) is 0.842. The minimum Gasteiger partial charge on any atom is -0.344 e. The number of rotatable bonds is 1. The van der Waals surface area contributed by atoms with Crippen molar-refractivity contribution in [2.75, 3.05) is 5.32 Å². The van der Waals surface area contributed by atoms with Gasteiger partial charge in [-0.15, -0.1) is 0 Å². The summed E-state index contributed by atoms with van der Waals surface area (Å²) >= 11 is 0. The van der Waals surface area contributed by atoms with E-state index in [0.29, 0.717) is 29.8 Å². The maximum absolute atomic E-state index is 13.1. The minimum absolute atomic E-state index is 0.0594. The third kappa shape index (κ3) is 2.59. The normalized spacial score (nSPS) is 20.7. The van der Waals surface area contributed by atoms with Crippen molar-refractivity contribution < 1.29 is 4.79 Å². The van der Waals surface area contributed by atoms with Gasteiger partial charge in [-0.25, -0.2) is 4.79 Å².